The summed E-state index contributed by atoms with van der Waals surface area (Å²) in [6, 6.07) is 0. The van der Waals surface area contributed by atoms with Crippen molar-refractivity contribution in [2.24, 2.45) is 10.4 Å². The molecule has 1 aromatic rings. The standard InChI is InChI=1S/C15H26N6O4.HI/c1-2-16-14(18-11-15(3-7-22)4-8-25-12-15)17-5-6-20-10-13(9-19-20)21(23)24;/h9-10,22H,2-8,11-12H2,1H3,(H2,16,17,18);1H. The lowest BCUT2D eigenvalue weighted by molar-refractivity contribution is -0.385. The molecule has 0 spiro atoms. The normalized spacial score (nSPS) is 19.8. The van der Waals surface area contributed by atoms with Crippen LogP contribution in [0.2, 0.25) is 0 Å². The van der Waals surface area contributed by atoms with Gasteiger partial charge in [0.25, 0.3) is 0 Å². The first-order chi connectivity index (χ1) is 12.1. The molecular weight excluding hydrogens is 455 g/mol. The summed E-state index contributed by atoms with van der Waals surface area (Å²) in [6.07, 6.45) is 4.20. The fraction of sp³-hybridized carbons (Fsp3) is 0.733. The molecule has 2 rings (SSSR count). The van der Waals surface area contributed by atoms with E-state index in [1.165, 1.54) is 17.1 Å². The van der Waals surface area contributed by atoms with Gasteiger partial charge in [-0.1, -0.05) is 0 Å². The maximum absolute atomic E-state index is 10.7. The summed E-state index contributed by atoms with van der Waals surface area (Å²) in [7, 11) is 0. The maximum atomic E-state index is 10.7. The Balaban J connectivity index is 0.00000338. The summed E-state index contributed by atoms with van der Waals surface area (Å²) in [6.45, 7) is 5.76. The largest absolute Gasteiger partial charge is 0.396 e. The SMILES string of the molecule is CCNC(=NCC1(CCO)CCOC1)NCCn1cc([N+](=O)[O-])cn1.I. The summed E-state index contributed by atoms with van der Waals surface area (Å²) >= 11 is 0. The van der Waals surface area contributed by atoms with Crippen molar-refractivity contribution < 1.29 is 14.8 Å². The first-order valence-electron chi connectivity index (χ1n) is 8.46. The van der Waals surface area contributed by atoms with Gasteiger partial charge in [0.05, 0.1) is 24.6 Å². The molecule has 148 valence electrons. The van der Waals surface area contributed by atoms with Crippen LogP contribution in [0.5, 0.6) is 0 Å². The predicted molar refractivity (Wildman–Crippen MR) is 108 cm³/mol. The molecule has 0 saturated carbocycles. The van der Waals surface area contributed by atoms with Crippen LogP contribution in [0.1, 0.15) is 19.8 Å². The van der Waals surface area contributed by atoms with E-state index in [0.29, 0.717) is 45.2 Å². The molecule has 0 aliphatic carbocycles. The molecule has 26 heavy (non-hydrogen) atoms. The molecule has 1 saturated heterocycles. The topological polar surface area (TPSA) is 127 Å². The fourth-order valence-corrected chi connectivity index (χ4v) is 2.73. The highest BCUT2D eigenvalue weighted by atomic mass is 127. The van der Waals surface area contributed by atoms with E-state index in [-0.39, 0.29) is 41.7 Å². The number of hydrogen-bond donors (Lipinski definition) is 3. The number of hydrogen-bond acceptors (Lipinski definition) is 6. The van der Waals surface area contributed by atoms with E-state index in [0.717, 1.165) is 13.0 Å². The van der Waals surface area contributed by atoms with E-state index in [2.05, 4.69) is 20.7 Å². The van der Waals surface area contributed by atoms with E-state index >= 15 is 0 Å². The monoisotopic (exact) mass is 482 g/mol. The summed E-state index contributed by atoms with van der Waals surface area (Å²) < 4.78 is 7.00. The van der Waals surface area contributed by atoms with Crippen LogP contribution in [-0.2, 0) is 11.3 Å². The third-order valence-electron chi connectivity index (χ3n) is 4.21. The van der Waals surface area contributed by atoms with Gasteiger partial charge >= 0.3 is 5.69 Å². The Hall–Kier alpha value is -1.47. The predicted octanol–water partition coefficient (Wildman–Crippen LogP) is 0.754. The number of aliphatic imine (C=N–C) groups is 1. The minimum Gasteiger partial charge on any atom is -0.396 e. The van der Waals surface area contributed by atoms with E-state index < -0.39 is 4.92 Å². The lowest BCUT2D eigenvalue weighted by atomic mass is 9.84. The number of aromatic nitrogens is 2. The first-order valence-corrected chi connectivity index (χ1v) is 8.46. The van der Waals surface area contributed by atoms with E-state index in [1.54, 1.807) is 0 Å². The van der Waals surface area contributed by atoms with E-state index in [9.17, 15) is 15.2 Å². The van der Waals surface area contributed by atoms with Gasteiger partial charge < -0.3 is 20.5 Å². The molecule has 1 unspecified atom stereocenters. The van der Waals surface area contributed by atoms with Crippen molar-refractivity contribution in [2.75, 3.05) is 39.5 Å². The fourth-order valence-electron chi connectivity index (χ4n) is 2.73. The van der Waals surface area contributed by atoms with Crippen molar-refractivity contribution in [3.8, 4) is 0 Å². The van der Waals surface area contributed by atoms with Gasteiger partial charge in [-0.2, -0.15) is 5.10 Å². The number of nitrogens with one attached hydrogen (secondary N) is 2. The van der Waals surface area contributed by atoms with Crippen molar-refractivity contribution in [1.82, 2.24) is 20.4 Å². The van der Waals surface area contributed by atoms with Crippen LogP contribution in [0.3, 0.4) is 0 Å². The average Bonchev–Trinajstić information content (AvgIpc) is 3.23. The third-order valence-corrected chi connectivity index (χ3v) is 4.21. The molecule has 1 aliphatic rings. The van der Waals surface area contributed by atoms with Gasteiger partial charge in [0.15, 0.2) is 5.96 Å². The van der Waals surface area contributed by atoms with Crippen molar-refractivity contribution in [1.29, 1.82) is 0 Å². The van der Waals surface area contributed by atoms with E-state index in [4.69, 9.17) is 4.74 Å². The Labute approximate surface area is 169 Å². The molecule has 3 N–H and O–H groups in total. The minimum absolute atomic E-state index is 0. The molecular formula is C15H27IN6O4. The molecule has 0 radical (unpaired) electrons. The van der Waals surface area contributed by atoms with Gasteiger partial charge in [-0.3, -0.25) is 19.8 Å². The van der Waals surface area contributed by atoms with Gasteiger partial charge in [-0.15, -0.1) is 24.0 Å². The number of aliphatic hydroxyl groups excluding tert-OH is 1. The lowest BCUT2D eigenvalue weighted by Crippen LogP contribution is -2.40. The van der Waals surface area contributed by atoms with Gasteiger partial charge in [0.1, 0.15) is 12.4 Å². The summed E-state index contributed by atoms with van der Waals surface area (Å²) in [4.78, 5) is 14.8. The number of aliphatic hydroxyl groups is 1. The number of nitrogens with zero attached hydrogens (tertiary/aromatic N) is 4. The quantitative estimate of drug-likeness (QED) is 0.156. The summed E-state index contributed by atoms with van der Waals surface area (Å²) in [5.74, 6) is 0.674. The zero-order chi connectivity index (χ0) is 18.1. The van der Waals surface area contributed by atoms with Crippen LogP contribution in [-0.4, -0.2) is 65.2 Å². The Bertz CT molecular complexity index is 588. The molecule has 2 heterocycles. The van der Waals surface area contributed by atoms with Gasteiger partial charge in [-0.05, 0) is 19.8 Å². The number of halogens is 1. The number of guanidine groups is 1. The molecule has 0 amide bonds. The van der Waals surface area contributed by atoms with Crippen molar-refractivity contribution in [3.63, 3.8) is 0 Å². The van der Waals surface area contributed by atoms with Crippen LogP contribution < -0.4 is 10.6 Å². The third kappa shape index (κ3) is 6.68. The molecule has 1 atom stereocenters. The van der Waals surface area contributed by atoms with Crippen molar-refractivity contribution >= 4 is 35.6 Å². The Morgan fingerprint density at radius 3 is 2.96 bits per heavy atom. The van der Waals surface area contributed by atoms with Crippen LogP contribution in [0, 0.1) is 15.5 Å². The highest BCUT2D eigenvalue weighted by Crippen LogP contribution is 2.32. The summed E-state index contributed by atoms with van der Waals surface area (Å²) in [5, 5.41) is 30.3. The van der Waals surface area contributed by atoms with Crippen LogP contribution in [0.15, 0.2) is 17.4 Å². The van der Waals surface area contributed by atoms with Crippen LogP contribution in [0.25, 0.3) is 0 Å². The van der Waals surface area contributed by atoms with Crippen LogP contribution in [0.4, 0.5) is 5.69 Å². The molecule has 0 bridgehead atoms. The van der Waals surface area contributed by atoms with Gasteiger partial charge in [-0.25, -0.2) is 0 Å². The maximum Gasteiger partial charge on any atom is 0.306 e. The number of ether oxygens (including phenoxy) is 1. The Morgan fingerprint density at radius 2 is 2.38 bits per heavy atom. The average molecular weight is 482 g/mol. The minimum atomic E-state index is -0.466. The van der Waals surface area contributed by atoms with Gasteiger partial charge in [0, 0.05) is 31.7 Å². The molecule has 10 nitrogen and oxygen atoms in total. The highest BCUT2D eigenvalue weighted by molar-refractivity contribution is 14.0. The first kappa shape index (κ1) is 22.6. The van der Waals surface area contributed by atoms with Crippen molar-refractivity contribution in [2.45, 2.75) is 26.3 Å². The zero-order valence-electron chi connectivity index (χ0n) is 14.9. The number of rotatable bonds is 9. The molecule has 0 aromatic carbocycles. The van der Waals surface area contributed by atoms with Gasteiger partial charge in [0.2, 0.25) is 0 Å². The lowest BCUT2D eigenvalue weighted by Gasteiger charge is -2.24. The molecule has 11 heteroatoms. The second-order valence-corrected chi connectivity index (χ2v) is 6.12. The smallest absolute Gasteiger partial charge is 0.306 e. The Kier molecular flexibility index (Phi) is 9.80. The highest BCUT2D eigenvalue weighted by Gasteiger charge is 2.34. The molecule has 1 aliphatic heterocycles. The van der Waals surface area contributed by atoms with Crippen LogP contribution >= 0.6 is 24.0 Å². The van der Waals surface area contributed by atoms with Crippen molar-refractivity contribution in [3.05, 3.63) is 22.5 Å². The molecule has 1 fully saturated rings. The second kappa shape index (κ2) is 11.3. The summed E-state index contributed by atoms with van der Waals surface area (Å²) in [5.41, 5.74) is -0.118. The number of nitro groups is 1. The zero-order valence-corrected chi connectivity index (χ0v) is 17.2. The molecule has 1 aromatic heterocycles. The Morgan fingerprint density at radius 1 is 1.58 bits per heavy atom. The second-order valence-electron chi connectivity index (χ2n) is 6.12. The van der Waals surface area contributed by atoms with E-state index in [1.807, 2.05) is 6.92 Å².